The van der Waals surface area contributed by atoms with Crippen LogP contribution < -0.4 is 16.0 Å². The van der Waals surface area contributed by atoms with Crippen molar-refractivity contribution in [1.82, 2.24) is 20.4 Å². The molecule has 1 aromatic carbocycles. The highest BCUT2D eigenvalue weighted by atomic mass is 35.5. The molecule has 26 heavy (non-hydrogen) atoms. The molecule has 142 valence electrons. The molecule has 2 aromatic rings. The van der Waals surface area contributed by atoms with Gasteiger partial charge in [-0.15, -0.1) is 12.4 Å². The molecule has 2 amide bonds. The number of halogens is 1. The summed E-state index contributed by atoms with van der Waals surface area (Å²) in [5, 5.41) is 12.5. The number of aromatic nitrogens is 2. The number of likely N-dealkylation sites (N-methyl/N-ethyl adjacent to an activating group) is 1. The second-order valence-corrected chi connectivity index (χ2v) is 6.21. The van der Waals surface area contributed by atoms with Gasteiger partial charge in [-0.2, -0.15) is 5.10 Å². The first-order valence-electron chi connectivity index (χ1n) is 8.13. The Morgan fingerprint density at radius 3 is 2.31 bits per heavy atom. The van der Waals surface area contributed by atoms with E-state index < -0.39 is 6.04 Å². The molecule has 1 unspecified atom stereocenters. The zero-order valence-electron chi connectivity index (χ0n) is 15.7. The van der Waals surface area contributed by atoms with Crippen LogP contribution in [0.15, 0.2) is 24.5 Å². The minimum Gasteiger partial charge on any atom is -0.345 e. The highest BCUT2D eigenvalue weighted by Crippen LogP contribution is 2.21. The summed E-state index contributed by atoms with van der Waals surface area (Å²) in [6, 6.07) is 3.48. The molecule has 0 aliphatic rings. The number of rotatable bonds is 6. The van der Waals surface area contributed by atoms with Gasteiger partial charge in [-0.3, -0.25) is 14.3 Å². The Bertz CT molecular complexity index is 765. The first kappa shape index (κ1) is 21.7. The Morgan fingerprint density at radius 1 is 1.19 bits per heavy atom. The Morgan fingerprint density at radius 2 is 1.81 bits per heavy atom. The average molecular weight is 380 g/mol. The summed E-state index contributed by atoms with van der Waals surface area (Å²) in [6.07, 6.45) is 3.39. The van der Waals surface area contributed by atoms with Gasteiger partial charge in [-0.25, -0.2) is 0 Å². The zero-order valence-corrected chi connectivity index (χ0v) is 16.5. The lowest BCUT2D eigenvalue weighted by molar-refractivity contribution is -0.125. The van der Waals surface area contributed by atoms with Crippen LogP contribution >= 0.6 is 12.4 Å². The molecule has 1 aromatic heterocycles. The first-order valence-corrected chi connectivity index (χ1v) is 8.13. The number of amides is 2. The van der Waals surface area contributed by atoms with Gasteiger partial charge < -0.3 is 16.0 Å². The van der Waals surface area contributed by atoms with Crippen molar-refractivity contribution in [3.8, 4) is 0 Å². The molecule has 0 aliphatic carbocycles. The SMILES string of the molecule is CNC(C(=O)NCC(=O)Nc1c(C)cc(C)cc1C)c1cnn(C)c1.Cl. The Labute approximate surface area is 160 Å². The Kier molecular flexibility index (Phi) is 7.79. The second-order valence-electron chi connectivity index (χ2n) is 6.21. The number of carbonyl (C=O) groups is 2. The quantitative estimate of drug-likeness (QED) is 0.714. The molecule has 0 bridgehead atoms. The van der Waals surface area contributed by atoms with Crippen molar-refractivity contribution >= 4 is 29.9 Å². The van der Waals surface area contributed by atoms with E-state index in [1.54, 1.807) is 31.2 Å². The van der Waals surface area contributed by atoms with Crippen LogP contribution in [0.2, 0.25) is 0 Å². The van der Waals surface area contributed by atoms with Crippen LogP contribution in [0.25, 0.3) is 0 Å². The van der Waals surface area contributed by atoms with Crippen molar-refractivity contribution in [2.45, 2.75) is 26.8 Å². The van der Waals surface area contributed by atoms with Crippen molar-refractivity contribution in [1.29, 1.82) is 0 Å². The van der Waals surface area contributed by atoms with Crippen LogP contribution in [0.1, 0.15) is 28.3 Å². The largest absolute Gasteiger partial charge is 0.345 e. The normalized spacial score (nSPS) is 11.4. The summed E-state index contributed by atoms with van der Waals surface area (Å²) < 4.78 is 1.63. The fourth-order valence-corrected chi connectivity index (χ4v) is 2.87. The molecule has 0 radical (unpaired) electrons. The van der Waals surface area contributed by atoms with Crippen molar-refractivity contribution in [3.05, 3.63) is 46.8 Å². The predicted octanol–water partition coefficient (Wildman–Crippen LogP) is 1.78. The summed E-state index contributed by atoms with van der Waals surface area (Å²) in [5.74, 6) is -0.535. The van der Waals surface area contributed by atoms with Crippen LogP contribution in [0.4, 0.5) is 5.69 Å². The standard InChI is InChI=1S/C18H25N5O2.ClH/c1-11-6-12(2)16(13(3)7-11)22-15(24)9-20-18(25)17(19-4)14-8-21-23(5)10-14;/h6-8,10,17,19H,9H2,1-5H3,(H,20,25)(H,22,24);1H. The minimum absolute atomic E-state index is 0. The van der Waals surface area contributed by atoms with Gasteiger partial charge in [0, 0.05) is 24.5 Å². The van der Waals surface area contributed by atoms with Crippen LogP contribution in [-0.2, 0) is 16.6 Å². The second kappa shape index (κ2) is 9.35. The summed E-state index contributed by atoms with van der Waals surface area (Å²) in [7, 11) is 3.48. The molecule has 3 N–H and O–H groups in total. The maximum absolute atomic E-state index is 12.3. The number of nitrogens with zero attached hydrogens (tertiary/aromatic N) is 2. The maximum atomic E-state index is 12.3. The molecular weight excluding hydrogens is 354 g/mol. The van der Waals surface area contributed by atoms with Crippen molar-refractivity contribution in [3.63, 3.8) is 0 Å². The first-order chi connectivity index (χ1) is 11.8. The number of anilines is 1. The van der Waals surface area contributed by atoms with Crippen molar-refractivity contribution < 1.29 is 9.59 Å². The van der Waals surface area contributed by atoms with E-state index in [2.05, 4.69) is 21.0 Å². The predicted molar refractivity (Wildman–Crippen MR) is 105 cm³/mol. The molecule has 0 saturated carbocycles. The van der Waals surface area contributed by atoms with Crippen LogP contribution in [0.5, 0.6) is 0 Å². The van der Waals surface area contributed by atoms with Gasteiger partial charge in [0.15, 0.2) is 0 Å². The van der Waals surface area contributed by atoms with Crippen LogP contribution in [-0.4, -0.2) is 35.2 Å². The number of hydrogen-bond acceptors (Lipinski definition) is 4. The minimum atomic E-state index is -0.552. The summed E-state index contributed by atoms with van der Waals surface area (Å²) in [5.41, 5.74) is 4.69. The van der Waals surface area contributed by atoms with Gasteiger partial charge in [0.05, 0.1) is 12.7 Å². The van der Waals surface area contributed by atoms with E-state index in [0.29, 0.717) is 0 Å². The van der Waals surface area contributed by atoms with Gasteiger partial charge >= 0.3 is 0 Å². The summed E-state index contributed by atoms with van der Waals surface area (Å²) >= 11 is 0. The van der Waals surface area contributed by atoms with Gasteiger partial charge in [-0.05, 0) is 38.9 Å². The zero-order chi connectivity index (χ0) is 18.6. The topological polar surface area (TPSA) is 88.1 Å². The number of aryl methyl sites for hydroxylation is 4. The molecule has 2 rings (SSSR count). The smallest absolute Gasteiger partial charge is 0.243 e. The van der Waals surface area contributed by atoms with Crippen molar-refractivity contribution in [2.75, 3.05) is 18.9 Å². The van der Waals surface area contributed by atoms with E-state index in [-0.39, 0.29) is 30.8 Å². The molecule has 0 saturated heterocycles. The van der Waals surface area contributed by atoms with E-state index >= 15 is 0 Å². The van der Waals surface area contributed by atoms with E-state index in [4.69, 9.17) is 0 Å². The summed E-state index contributed by atoms with van der Waals surface area (Å²) in [4.78, 5) is 24.5. The number of hydrogen-bond donors (Lipinski definition) is 3. The molecule has 8 heteroatoms. The summed E-state index contributed by atoms with van der Waals surface area (Å²) in [6.45, 7) is 5.83. The lowest BCUT2D eigenvalue weighted by Gasteiger charge is -2.16. The molecule has 1 heterocycles. The molecule has 7 nitrogen and oxygen atoms in total. The molecule has 0 fully saturated rings. The Hall–Kier alpha value is -2.38. The third-order valence-electron chi connectivity index (χ3n) is 3.97. The Balaban J connectivity index is 0.00000338. The van der Waals surface area contributed by atoms with E-state index in [9.17, 15) is 9.59 Å². The monoisotopic (exact) mass is 379 g/mol. The van der Waals surface area contributed by atoms with E-state index in [0.717, 1.165) is 27.9 Å². The van der Waals surface area contributed by atoms with E-state index in [1.807, 2.05) is 32.9 Å². The van der Waals surface area contributed by atoms with Crippen LogP contribution in [0.3, 0.4) is 0 Å². The fourth-order valence-electron chi connectivity index (χ4n) is 2.87. The van der Waals surface area contributed by atoms with Gasteiger partial charge in [0.2, 0.25) is 11.8 Å². The average Bonchev–Trinajstić information content (AvgIpc) is 2.95. The third kappa shape index (κ3) is 5.31. The van der Waals surface area contributed by atoms with E-state index in [1.165, 1.54) is 0 Å². The molecule has 0 spiro atoms. The lowest BCUT2D eigenvalue weighted by Crippen LogP contribution is -2.40. The highest BCUT2D eigenvalue weighted by molar-refractivity contribution is 5.96. The molecule has 0 aliphatic heterocycles. The van der Waals surface area contributed by atoms with Gasteiger partial charge in [-0.1, -0.05) is 17.7 Å². The molecular formula is C18H26ClN5O2. The number of nitrogens with one attached hydrogen (secondary N) is 3. The van der Waals surface area contributed by atoms with Gasteiger partial charge in [0.1, 0.15) is 6.04 Å². The number of benzene rings is 1. The van der Waals surface area contributed by atoms with Crippen molar-refractivity contribution in [2.24, 2.45) is 7.05 Å². The highest BCUT2D eigenvalue weighted by Gasteiger charge is 2.20. The fraction of sp³-hybridized carbons (Fsp3) is 0.389. The molecule has 1 atom stereocenters. The number of carbonyl (C=O) groups excluding carboxylic acids is 2. The van der Waals surface area contributed by atoms with Gasteiger partial charge in [0.25, 0.3) is 0 Å². The maximum Gasteiger partial charge on any atom is 0.243 e. The lowest BCUT2D eigenvalue weighted by atomic mass is 10.1. The van der Waals surface area contributed by atoms with Crippen LogP contribution in [0, 0.1) is 20.8 Å². The third-order valence-corrected chi connectivity index (χ3v) is 3.97.